The van der Waals surface area contributed by atoms with Crippen molar-refractivity contribution >= 4 is 17.5 Å². The summed E-state index contributed by atoms with van der Waals surface area (Å²) < 4.78 is 5.33. The summed E-state index contributed by atoms with van der Waals surface area (Å²) in [6.07, 6.45) is 0. The quantitative estimate of drug-likeness (QED) is 0.731. The maximum atomic E-state index is 13.0. The molecule has 2 fully saturated rings. The van der Waals surface area contributed by atoms with Gasteiger partial charge in [-0.1, -0.05) is 18.2 Å². The Hall–Kier alpha value is -2.12. The number of nitrogens with one attached hydrogen (secondary N) is 1. The summed E-state index contributed by atoms with van der Waals surface area (Å²) in [4.78, 5) is 32.0. The molecule has 1 aromatic carbocycles. The lowest BCUT2D eigenvalue weighted by Gasteiger charge is -2.39. The first-order chi connectivity index (χ1) is 13.5. The van der Waals surface area contributed by atoms with Gasteiger partial charge < -0.3 is 19.9 Å². The summed E-state index contributed by atoms with van der Waals surface area (Å²) in [6.45, 7) is 10.9. The third-order valence-corrected chi connectivity index (χ3v) is 5.61. The van der Waals surface area contributed by atoms with Crippen molar-refractivity contribution in [1.82, 2.24) is 15.1 Å². The number of ether oxygens (including phenoxy) is 1. The Morgan fingerprint density at radius 1 is 1.00 bits per heavy atom. The van der Waals surface area contributed by atoms with Crippen molar-refractivity contribution in [3.05, 3.63) is 30.3 Å². The molecule has 1 N–H and O–H groups in total. The van der Waals surface area contributed by atoms with Crippen molar-refractivity contribution in [2.75, 3.05) is 70.5 Å². The van der Waals surface area contributed by atoms with Crippen LogP contribution in [0, 0.1) is 5.41 Å². The lowest BCUT2D eigenvalue weighted by molar-refractivity contribution is -0.148. The maximum Gasteiger partial charge on any atom is 0.237 e. The Kier molecular flexibility index (Phi) is 6.91. The zero-order chi connectivity index (χ0) is 20.0. The van der Waals surface area contributed by atoms with E-state index in [0.717, 1.165) is 45.9 Å². The first-order valence-corrected chi connectivity index (χ1v) is 10.2. The molecule has 3 rings (SSSR count). The summed E-state index contributed by atoms with van der Waals surface area (Å²) in [6, 6.07) is 10.2. The molecule has 154 valence electrons. The summed E-state index contributed by atoms with van der Waals surface area (Å²) in [7, 11) is 0. The van der Waals surface area contributed by atoms with E-state index < -0.39 is 5.41 Å². The molecule has 2 amide bonds. The van der Waals surface area contributed by atoms with Crippen molar-refractivity contribution < 1.29 is 14.3 Å². The van der Waals surface area contributed by atoms with E-state index in [4.69, 9.17) is 4.74 Å². The number of morpholine rings is 1. The smallest absolute Gasteiger partial charge is 0.237 e. The third kappa shape index (κ3) is 5.02. The molecule has 0 aromatic heterocycles. The second kappa shape index (κ2) is 9.39. The van der Waals surface area contributed by atoms with E-state index in [2.05, 4.69) is 27.2 Å². The number of carbonyl (C=O) groups is 2. The molecule has 0 aliphatic carbocycles. The number of hydrogen-bond donors (Lipinski definition) is 1. The van der Waals surface area contributed by atoms with Gasteiger partial charge in [0.05, 0.1) is 13.2 Å². The zero-order valence-electron chi connectivity index (χ0n) is 17.0. The second-order valence-electron chi connectivity index (χ2n) is 7.95. The molecule has 2 aliphatic rings. The van der Waals surface area contributed by atoms with Crippen LogP contribution in [0.4, 0.5) is 5.69 Å². The number of nitrogens with zero attached hydrogens (tertiary/aromatic N) is 3. The highest BCUT2D eigenvalue weighted by Crippen LogP contribution is 2.22. The van der Waals surface area contributed by atoms with E-state index >= 15 is 0 Å². The van der Waals surface area contributed by atoms with E-state index in [-0.39, 0.29) is 11.8 Å². The molecular weight excluding hydrogens is 356 g/mol. The fraction of sp³-hybridized carbons (Fsp3) is 0.619. The predicted octanol–water partition coefficient (Wildman–Crippen LogP) is 0.810. The van der Waals surface area contributed by atoms with Gasteiger partial charge in [-0.05, 0) is 26.0 Å². The summed E-state index contributed by atoms with van der Waals surface area (Å²) in [5.74, 6) is -0.291. The summed E-state index contributed by atoms with van der Waals surface area (Å²) in [5, 5.41) is 2.95. The molecule has 0 bridgehead atoms. The lowest BCUT2D eigenvalue weighted by atomic mass is 9.90. The molecule has 7 heteroatoms. The molecule has 0 radical (unpaired) electrons. The van der Waals surface area contributed by atoms with Crippen molar-refractivity contribution in [2.24, 2.45) is 5.41 Å². The minimum atomic E-state index is -1.06. The molecule has 0 atom stereocenters. The van der Waals surface area contributed by atoms with Crippen LogP contribution in [-0.4, -0.2) is 87.2 Å². The van der Waals surface area contributed by atoms with Crippen molar-refractivity contribution in [3.8, 4) is 0 Å². The normalized spacial score (nSPS) is 18.8. The Morgan fingerprint density at radius 3 is 2.29 bits per heavy atom. The molecule has 1 aromatic rings. The average molecular weight is 389 g/mol. The highest BCUT2D eigenvalue weighted by atomic mass is 16.5. The lowest BCUT2D eigenvalue weighted by Crippen LogP contribution is -2.56. The Labute approximate surface area is 167 Å². The van der Waals surface area contributed by atoms with Gasteiger partial charge in [0.25, 0.3) is 0 Å². The topological polar surface area (TPSA) is 65.1 Å². The fourth-order valence-electron chi connectivity index (χ4n) is 3.67. The molecule has 0 spiro atoms. The molecular formula is C21H32N4O3. The predicted molar refractivity (Wildman–Crippen MR) is 109 cm³/mol. The van der Waals surface area contributed by atoms with E-state index in [1.807, 2.05) is 23.1 Å². The number of rotatable bonds is 6. The van der Waals surface area contributed by atoms with E-state index in [1.165, 1.54) is 5.69 Å². The van der Waals surface area contributed by atoms with Crippen LogP contribution in [0.5, 0.6) is 0 Å². The SMILES string of the molecule is CC(C)(C(=O)NCCN1CCOCC1)C(=O)N1CCN(c2ccccc2)CC1. The first-order valence-electron chi connectivity index (χ1n) is 10.2. The Morgan fingerprint density at radius 2 is 1.64 bits per heavy atom. The minimum absolute atomic E-state index is 0.0934. The van der Waals surface area contributed by atoms with Gasteiger partial charge in [0.1, 0.15) is 5.41 Å². The van der Waals surface area contributed by atoms with Crippen LogP contribution in [0.1, 0.15) is 13.8 Å². The van der Waals surface area contributed by atoms with Crippen molar-refractivity contribution in [2.45, 2.75) is 13.8 Å². The van der Waals surface area contributed by atoms with Crippen molar-refractivity contribution in [1.29, 1.82) is 0 Å². The molecule has 2 saturated heterocycles. The van der Waals surface area contributed by atoms with E-state index in [9.17, 15) is 9.59 Å². The largest absolute Gasteiger partial charge is 0.379 e. The van der Waals surface area contributed by atoms with Crippen LogP contribution < -0.4 is 10.2 Å². The van der Waals surface area contributed by atoms with Gasteiger partial charge in [0, 0.05) is 58.0 Å². The summed E-state index contributed by atoms with van der Waals surface area (Å²) in [5.41, 5.74) is 0.120. The maximum absolute atomic E-state index is 13.0. The highest BCUT2D eigenvalue weighted by Gasteiger charge is 2.39. The fourth-order valence-corrected chi connectivity index (χ4v) is 3.67. The Balaban J connectivity index is 1.46. The molecule has 7 nitrogen and oxygen atoms in total. The minimum Gasteiger partial charge on any atom is -0.379 e. The molecule has 2 heterocycles. The highest BCUT2D eigenvalue weighted by molar-refractivity contribution is 6.04. The number of anilines is 1. The van der Waals surface area contributed by atoms with Crippen LogP contribution >= 0.6 is 0 Å². The van der Waals surface area contributed by atoms with Gasteiger partial charge >= 0.3 is 0 Å². The standard InChI is InChI=1S/C21H32N4O3/c1-21(2,19(26)22-8-9-23-14-16-28-17-15-23)20(27)25-12-10-24(11-13-25)18-6-4-3-5-7-18/h3-7H,8-17H2,1-2H3,(H,22,26). The molecule has 28 heavy (non-hydrogen) atoms. The second-order valence-corrected chi connectivity index (χ2v) is 7.95. The van der Waals surface area contributed by atoms with E-state index in [1.54, 1.807) is 13.8 Å². The number of benzene rings is 1. The number of carbonyl (C=O) groups excluding carboxylic acids is 2. The number of piperazine rings is 1. The van der Waals surface area contributed by atoms with Crippen LogP contribution in [-0.2, 0) is 14.3 Å². The van der Waals surface area contributed by atoms with E-state index in [0.29, 0.717) is 19.6 Å². The summed E-state index contributed by atoms with van der Waals surface area (Å²) >= 11 is 0. The number of para-hydroxylation sites is 1. The molecule has 0 unspecified atom stereocenters. The third-order valence-electron chi connectivity index (χ3n) is 5.61. The van der Waals surface area contributed by atoms with Gasteiger partial charge in [-0.15, -0.1) is 0 Å². The Bertz CT molecular complexity index is 651. The van der Waals surface area contributed by atoms with Gasteiger partial charge in [-0.25, -0.2) is 0 Å². The van der Waals surface area contributed by atoms with Crippen LogP contribution in [0.15, 0.2) is 30.3 Å². The molecule has 2 aliphatic heterocycles. The molecule has 0 saturated carbocycles. The van der Waals surface area contributed by atoms with Gasteiger partial charge in [0.2, 0.25) is 11.8 Å². The number of amides is 2. The monoisotopic (exact) mass is 388 g/mol. The van der Waals surface area contributed by atoms with Crippen molar-refractivity contribution in [3.63, 3.8) is 0 Å². The first kappa shape index (κ1) is 20.6. The van der Waals surface area contributed by atoms with Gasteiger partial charge in [-0.3, -0.25) is 14.5 Å². The number of hydrogen-bond acceptors (Lipinski definition) is 5. The zero-order valence-corrected chi connectivity index (χ0v) is 17.0. The van der Waals surface area contributed by atoms with Gasteiger partial charge in [0.15, 0.2) is 0 Å². The van der Waals surface area contributed by atoms with Crippen LogP contribution in [0.25, 0.3) is 0 Å². The van der Waals surface area contributed by atoms with Crippen LogP contribution in [0.3, 0.4) is 0 Å². The average Bonchev–Trinajstić information content (AvgIpc) is 2.74. The van der Waals surface area contributed by atoms with Crippen LogP contribution in [0.2, 0.25) is 0 Å². The van der Waals surface area contributed by atoms with Gasteiger partial charge in [-0.2, -0.15) is 0 Å².